The molecular formula is C14H19N3O2S. The van der Waals surface area contributed by atoms with Gasteiger partial charge in [-0.05, 0) is 19.4 Å². The number of ether oxygens (including phenoxy) is 2. The first-order valence-electron chi connectivity index (χ1n) is 6.95. The van der Waals surface area contributed by atoms with Gasteiger partial charge in [-0.25, -0.2) is 9.97 Å². The smallest absolute Gasteiger partial charge is 0.167 e. The minimum absolute atomic E-state index is 0.456. The van der Waals surface area contributed by atoms with Crippen LogP contribution in [0, 0.1) is 0 Å². The molecule has 108 valence electrons. The largest absolute Gasteiger partial charge is 0.369 e. The number of nitrogens with one attached hydrogen (secondary N) is 1. The maximum Gasteiger partial charge on any atom is 0.167 e. The van der Waals surface area contributed by atoms with E-state index in [9.17, 15) is 0 Å². The number of anilines is 1. The van der Waals surface area contributed by atoms with Gasteiger partial charge in [0, 0.05) is 17.8 Å². The number of aromatic nitrogens is 2. The highest BCUT2D eigenvalue weighted by molar-refractivity contribution is 7.18. The van der Waals surface area contributed by atoms with Crippen LogP contribution >= 0.6 is 11.3 Å². The topological polar surface area (TPSA) is 56.3 Å². The van der Waals surface area contributed by atoms with Crippen LogP contribution in [-0.4, -0.2) is 35.5 Å². The Balaban J connectivity index is 1.69. The lowest BCUT2D eigenvalue weighted by Crippen LogP contribution is -2.28. The quantitative estimate of drug-likeness (QED) is 0.918. The van der Waals surface area contributed by atoms with Crippen LogP contribution in [0.1, 0.15) is 25.1 Å². The summed E-state index contributed by atoms with van der Waals surface area (Å²) in [6.45, 7) is 6.26. The third-order valence-electron chi connectivity index (χ3n) is 3.50. The second-order valence-electron chi connectivity index (χ2n) is 5.01. The van der Waals surface area contributed by atoms with Gasteiger partial charge in [0.1, 0.15) is 17.0 Å². The highest BCUT2D eigenvalue weighted by Crippen LogP contribution is 2.29. The molecule has 1 aliphatic rings. The number of nitrogens with zero attached hydrogens (tertiary/aromatic N) is 2. The van der Waals surface area contributed by atoms with Gasteiger partial charge in [0.25, 0.3) is 0 Å². The van der Waals surface area contributed by atoms with E-state index in [0.717, 1.165) is 35.4 Å². The molecule has 20 heavy (non-hydrogen) atoms. The Morgan fingerprint density at radius 3 is 2.90 bits per heavy atom. The fraction of sp³-hybridized carbons (Fsp3) is 0.571. The SMILES string of the molecule is CCc1cc2c(NCCC3(C)OCCO3)ncnc2s1. The van der Waals surface area contributed by atoms with Gasteiger partial charge in [0.05, 0.1) is 18.6 Å². The van der Waals surface area contributed by atoms with Crippen LogP contribution in [0.3, 0.4) is 0 Å². The molecule has 0 bridgehead atoms. The summed E-state index contributed by atoms with van der Waals surface area (Å²) in [4.78, 5) is 11.0. The molecule has 0 amide bonds. The minimum atomic E-state index is -0.456. The average molecular weight is 293 g/mol. The third-order valence-corrected chi connectivity index (χ3v) is 4.69. The van der Waals surface area contributed by atoms with E-state index in [4.69, 9.17) is 9.47 Å². The zero-order valence-corrected chi connectivity index (χ0v) is 12.6. The van der Waals surface area contributed by atoms with Gasteiger partial charge in [-0.15, -0.1) is 11.3 Å². The fourth-order valence-corrected chi connectivity index (χ4v) is 3.26. The van der Waals surface area contributed by atoms with Gasteiger partial charge in [-0.3, -0.25) is 0 Å². The molecule has 3 rings (SSSR count). The molecule has 1 N–H and O–H groups in total. The van der Waals surface area contributed by atoms with Crippen LogP contribution in [0.25, 0.3) is 10.2 Å². The van der Waals surface area contributed by atoms with Crippen LogP contribution in [0.4, 0.5) is 5.82 Å². The maximum atomic E-state index is 5.59. The van der Waals surface area contributed by atoms with E-state index in [1.165, 1.54) is 4.88 Å². The van der Waals surface area contributed by atoms with Crippen molar-refractivity contribution < 1.29 is 9.47 Å². The van der Waals surface area contributed by atoms with E-state index in [-0.39, 0.29) is 0 Å². The average Bonchev–Trinajstić information content (AvgIpc) is 3.05. The van der Waals surface area contributed by atoms with Crippen molar-refractivity contribution in [1.82, 2.24) is 9.97 Å². The normalized spacial score (nSPS) is 17.7. The predicted octanol–water partition coefficient (Wildman–Crippen LogP) is 2.82. The second-order valence-corrected chi connectivity index (χ2v) is 6.13. The van der Waals surface area contributed by atoms with Crippen LogP contribution in [0.2, 0.25) is 0 Å². The summed E-state index contributed by atoms with van der Waals surface area (Å²) in [6, 6.07) is 2.17. The van der Waals surface area contributed by atoms with Crippen molar-refractivity contribution in [3.05, 3.63) is 17.3 Å². The van der Waals surface area contributed by atoms with Gasteiger partial charge < -0.3 is 14.8 Å². The molecule has 3 heterocycles. The van der Waals surface area contributed by atoms with Gasteiger partial charge in [-0.2, -0.15) is 0 Å². The summed E-state index contributed by atoms with van der Waals surface area (Å²) in [7, 11) is 0. The Labute approximate surface area is 122 Å². The molecule has 0 atom stereocenters. The van der Waals surface area contributed by atoms with Gasteiger partial charge >= 0.3 is 0 Å². The maximum absolute atomic E-state index is 5.59. The molecule has 6 heteroatoms. The summed E-state index contributed by atoms with van der Waals surface area (Å²) in [5.41, 5.74) is 0. The number of thiophene rings is 1. The molecule has 0 aromatic carbocycles. The Morgan fingerprint density at radius 1 is 1.35 bits per heavy atom. The molecule has 0 unspecified atom stereocenters. The molecule has 2 aromatic heterocycles. The molecule has 1 saturated heterocycles. The first-order chi connectivity index (χ1) is 9.70. The number of rotatable bonds is 5. The monoisotopic (exact) mass is 293 g/mol. The summed E-state index contributed by atoms with van der Waals surface area (Å²) in [6.07, 6.45) is 3.44. The standard InChI is InChI=1S/C14H19N3O2S/c1-3-10-8-11-12(16-9-17-13(11)20-10)15-5-4-14(2)18-6-7-19-14/h8-9H,3-7H2,1-2H3,(H,15,16,17). The lowest BCUT2D eigenvalue weighted by molar-refractivity contribution is -0.144. The lowest BCUT2D eigenvalue weighted by Gasteiger charge is -2.22. The van der Waals surface area contributed by atoms with E-state index in [1.54, 1.807) is 17.7 Å². The molecule has 1 aliphatic heterocycles. The summed E-state index contributed by atoms with van der Waals surface area (Å²) in [5.74, 6) is 0.440. The van der Waals surface area contributed by atoms with Gasteiger partial charge in [-0.1, -0.05) is 6.92 Å². The zero-order valence-electron chi connectivity index (χ0n) is 11.8. The summed E-state index contributed by atoms with van der Waals surface area (Å²) >= 11 is 1.73. The molecule has 0 aliphatic carbocycles. The highest BCUT2D eigenvalue weighted by atomic mass is 32.1. The Bertz CT molecular complexity index is 593. The number of hydrogen-bond acceptors (Lipinski definition) is 6. The van der Waals surface area contributed by atoms with Crippen molar-refractivity contribution >= 4 is 27.4 Å². The van der Waals surface area contributed by atoms with E-state index in [0.29, 0.717) is 13.2 Å². The molecule has 5 nitrogen and oxygen atoms in total. The Morgan fingerprint density at radius 2 is 2.15 bits per heavy atom. The zero-order chi connectivity index (χ0) is 14.0. The van der Waals surface area contributed by atoms with Crippen molar-refractivity contribution in [1.29, 1.82) is 0 Å². The molecule has 0 saturated carbocycles. The van der Waals surface area contributed by atoms with Crippen LogP contribution in [0.15, 0.2) is 12.4 Å². The Hall–Kier alpha value is -1.24. The summed E-state index contributed by atoms with van der Waals surface area (Å²) < 4.78 is 11.2. The second kappa shape index (κ2) is 5.63. The van der Waals surface area contributed by atoms with Crippen molar-refractivity contribution in [2.45, 2.75) is 32.5 Å². The van der Waals surface area contributed by atoms with Crippen molar-refractivity contribution in [3.63, 3.8) is 0 Å². The molecule has 0 spiro atoms. The van der Waals surface area contributed by atoms with Crippen molar-refractivity contribution in [2.75, 3.05) is 25.1 Å². The van der Waals surface area contributed by atoms with Crippen LogP contribution < -0.4 is 5.32 Å². The number of hydrogen-bond donors (Lipinski definition) is 1. The van der Waals surface area contributed by atoms with E-state index in [1.807, 2.05) is 6.92 Å². The first-order valence-corrected chi connectivity index (χ1v) is 7.77. The predicted molar refractivity (Wildman–Crippen MR) is 80.2 cm³/mol. The van der Waals surface area contributed by atoms with Gasteiger partial charge in [0.2, 0.25) is 0 Å². The van der Waals surface area contributed by atoms with Crippen molar-refractivity contribution in [2.24, 2.45) is 0 Å². The number of aryl methyl sites for hydroxylation is 1. The summed E-state index contributed by atoms with van der Waals surface area (Å²) in [5, 5.41) is 4.48. The molecular weight excluding hydrogens is 274 g/mol. The van der Waals surface area contributed by atoms with E-state index < -0.39 is 5.79 Å². The first kappa shape index (κ1) is 13.7. The van der Waals surface area contributed by atoms with E-state index >= 15 is 0 Å². The van der Waals surface area contributed by atoms with Crippen molar-refractivity contribution in [3.8, 4) is 0 Å². The van der Waals surface area contributed by atoms with E-state index in [2.05, 4.69) is 28.3 Å². The molecule has 0 radical (unpaired) electrons. The minimum Gasteiger partial charge on any atom is -0.369 e. The fourth-order valence-electron chi connectivity index (χ4n) is 2.33. The van der Waals surface area contributed by atoms with Gasteiger partial charge in [0.15, 0.2) is 5.79 Å². The van der Waals surface area contributed by atoms with Crippen LogP contribution in [-0.2, 0) is 15.9 Å². The third kappa shape index (κ3) is 2.77. The Kier molecular flexibility index (Phi) is 3.87. The number of fused-ring (bicyclic) bond motifs is 1. The highest BCUT2D eigenvalue weighted by Gasteiger charge is 2.30. The van der Waals surface area contributed by atoms with Crippen LogP contribution in [0.5, 0.6) is 0 Å². The lowest BCUT2D eigenvalue weighted by atomic mass is 10.2. The molecule has 2 aromatic rings. The molecule has 1 fully saturated rings.